The molecule has 0 radical (unpaired) electrons. The summed E-state index contributed by atoms with van der Waals surface area (Å²) in [5.41, 5.74) is 5.92. The molecule has 4 rings (SSSR count). The molecule has 1 atom stereocenters. The van der Waals surface area contributed by atoms with E-state index >= 15 is 0 Å². The fourth-order valence-corrected chi connectivity index (χ4v) is 4.46. The zero-order chi connectivity index (χ0) is 27.8. The standard InChI is InChI=1S/C26H25F4N5O3/c1-5-20(36)34-9-8-15(13-34)35-24-14(11-26(2,29)30)12-32-25(31)21(24)17(33-35)7-6-16-22(27)18(37-3)10-19(38-4)23(16)28/h5,10,12,15H,1,8-9,11,13H2,2-4H3,(H2,31,32)/t15-/m0/s1. The van der Waals surface area contributed by atoms with Crippen LogP contribution in [-0.2, 0) is 11.2 Å². The van der Waals surface area contributed by atoms with Gasteiger partial charge in [-0.25, -0.2) is 22.5 Å². The summed E-state index contributed by atoms with van der Waals surface area (Å²) in [6.45, 7) is 4.92. The number of fused-ring (bicyclic) bond motifs is 1. The molecule has 0 unspecified atom stereocenters. The van der Waals surface area contributed by atoms with Crippen LogP contribution in [0.1, 0.15) is 36.2 Å². The molecule has 3 aromatic rings. The molecule has 1 fully saturated rings. The molecular weight excluding hydrogens is 506 g/mol. The zero-order valence-corrected chi connectivity index (χ0v) is 20.9. The number of aromatic nitrogens is 3. The number of ether oxygens (including phenoxy) is 2. The summed E-state index contributed by atoms with van der Waals surface area (Å²) < 4.78 is 69.3. The van der Waals surface area contributed by atoms with Gasteiger partial charge in [-0.2, -0.15) is 5.10 Å². The predicted molar refractivity (Wildman–Crippen MR) is 132 cm³/mol. The first kappa shape index (κ1) is 26.8. The van der Waals surface area contributed by atoms with Crippen molar-refractivity contribution in [2.24, 2.45) is 0 Å². The Morgan fingerprint density at radius 3 is 2.50 bits per heavy atom. The highest BCUT2D eigenvalue weighted by atomic mass is 19.3. The van der Waals surface area contributed by atoms with E-state index in [-0.39, 0.29) is 51.9 Å². The van der Waals surface area contributed by atoms with Crippen molar-refractivity contribution in [1.82, 2.24) is 19.7 Å². The molecule has 200 valence electrons. The lowest BCUT2D eigenvalue weighted by atomic mass is 10.1. The quantitative estimate of drug-likeness (QED) is 0.295. The number of halogens is 4. The first-order valence-electron chi connectivity index (χ1n) is 11.6. The van der Waals surface area contributed by atoms with Crippen molar-refractivity contribution in [2.75, 3.05) is 33.0 Å². The van der Waals surface area contributed by atoms with E-state index in [1.165, 1.54) is 31.2 Å². The molecule has 2 aromatic heterocycles. The van der Waals surface area contributed by atoms with Crippen LogP contribution in [0.4, 0.5) is 23.4 Å². The summed E-state index contributed by atoms with van der Waals surface area (Å²) in [7, 11) is 2.42. The lowest BCUT2D eigenvalue weighted by Gasteiger charge is -2.17. The second-order valence-corrected chi connectivity index (χ2v) is 8.90. The number of hydrogen-bond acceptors (Lipinski definition) is 6. The van der Waals surface area contributed by atoms with E-state index in [4.69, 9.17) is 15.2 Å². The highest BCUT2D eigenvalue weighted by molar-refractivity contribution is 5.95. The third-order valence-corrected chi connectivity index (χ3v) is 6.21. The van der Waals surface area contributed by atoms with E-state index in [0.717, 1.165) is 13.0 Å². The summed E-state index contributed by atoms with van der Waals surface area (Å²) in [5.74, 6) is -0.991. The van der Waals surface area contributed by atoms with Gasteiger partial charge in [-0.05, 0) is 25.3 Å². The molecule has 1 amide bonds. The molecule has 0 aliphatic carbocycles. The largest absolute Gasteiger partial charge is 0.493 e. The van der Waals surface area contributed by atoms with Gasteiger partial charge in [-0.15, -0.1) is 0 Å². The van der Waals surface area contributed by atoms with Crippen LogP contribution >= 0.6 is 0 Å². The van der Waals surface area contributed by atoms with E-state index in [0.29, 0.717) is 13.0 Å². The third kappa shape index (κ3) is 4.96. The van der Waals surface area contributed by atoms with Crippen molar-refractivity contribution in [3.8, 4) is 23.3 Å². The van der Waals surface area contributed by atoms with Crippen molar-refractivity contribution in [1.29, 1.82) is 0 Å². The molecule has 0 spiro atoms. The number of pyridine rings is 1. The Balaban J connectivity index is 1.92. The summed E-state index contributed by atoms with van der Waals surface area (Å²) in [5, 5.41) is 4.68. The van der Waals surface area contributed by atoms with E-state index < -0.39 is 35.6 Å². The maximum atomic E-state index is 14.9. The summed E-state index contributed by atoms with van der Waals surface area (Å²) in [4.78, 5) is 17.7. The van der Waals surface area contributed by atoms with Crippen LogP contribution in [0, 0.1) is 23.5 Å². The highest BCUT2D eigenvalue weighted by Crippen LogP contribution is 2.35. The number of alkyl halides is 2. The Morgan fingerprint density at radius 1 is 1.26 bits per heavy atom. The van der Waals surface area contributed by atoms with Gasteiger partial charge < -0.3 is 20.1 Å². The second-order valence-electron chi connectivity index (χ2n) is 8.90. The molecule has 2 N–H and O–H groups in total. The molecule has 1 aliphatic heterocycles. The number of nitrogens with zero attached hydrogens (tertiary/aromatic N) is 4. The number of nitrogens with two attached hydrogens (primary N) is 1. The minimum absolute atomic E-state index is 0.0136. The minimum atomic E-state index is -3.07. The van der Waals surface area contributed by atoms with Gasteiger partial charge in [0.15, 0.2) is 23.1 Å². The number of nitrogen functional groups attached to an aromatic ring is 1. The van der Waals surface area contributed by atoms with E-state index in [1.54, 1.807) is 4.90 Å². The van der Waals surface area contributed by atoms with Crippen LogP contribution < -0.4 is 15.2 Å². The van der Waals surface area contributed by atoms with Crippen LogP contribution in [0.5, 0.6) is 11.5 Å². The maximum absolute atomic E-state index is 14.9. The minimum Gasteiger partial charge on any atom is -0.493 e. The Labute approximate surface area is 216 Å². The average Bonchev–Trinajstić information content (AvgIpc) is 3.50. The van der Waals surface area contributed by atoms with E-state index in [1.807, 2.05) is 0 Å². The Morgan fingerprint density at radius 2 is 1.92 bits per heavy atom. The van der Waals surface area contributed by atoms with Crippen molar-refractivity contribution in [2.45, 2.75) is 31.7 Å². The number of benzene rings is 1. The van der Waals surface area contributed by atoms with Crippen LogP contribution in [0.3, 0.4) is 0 Å². The van der Waals surface area contributed by atoms with Crippen molar-refractivity contribution in [3.63, 3.8) is 0 Å². The van der Waals surface area contributed by atoms with Gasteiger partial charge in [0.05, 0.1) is 31.2 Å². The molecular formula is C26H25F4N5O3. The maximum Gasteiger partial charge on any atom is 0.249 e. The Kier molecular flexibility index (Phi) is 7.22. The average molecular weight is 532 g/mol. The molecule has 12 heteroatoms. The first-order chi connectivity index (χ1) is 18.0. The lowest BCUT2D eigenvalue weighted by Crippen LogP contribution is -2.27. The van der Waals surface area contributed by atoms with Crippen LogP contribution in [0.15, 0.2) is 24.9 Å². The van der Waals surface area contributed by atoms with Gasteiger partial charge in [0, 0.05) is 37.3 Å². The number of likely N-dealkylation sites (tertiary alicyclic amines) is 1. The Bertz CT molecular complexity index is 1460. The predicted octanol–water partition coefficient (Wildman–Crippen LogP) is 3.87. The zero-order valence-electron chi connectivity index (χ0n) is 20.9. The van der Waals surface area contributed by atoms with Crippen molar-refractivity contribution in [3.05, 3.63) is 53.4 Å². The third-order valence-electron chi connectivity index (χ3n) is 6.21. The van der Waals surface area contributed by atoms with Crippen LogP contribution in [0.25, 0.3) is 10.9 Å². The van der Waals surface area contributed by atoms with Gasteiger partial charge >= 0.3 is 0 Å². The number of carbonyl (C=O) groups is 1. The number of rotatable bonds is 6. The van der Waals surface area contributed by atoms with Gasteiger partial charge in [-0.1, -0.05) is 12.5 Å². The summed E-state index contributed by atoms with van der Waals surface area (Å²) in [6.07, 6.45) is 2.26. The van der Waals surface area contributed by atoms with Crippen LogP contribution in [-0.4, -0.2) is 58.8 Å². The molecule has 0 bridgehead atoms. The molecule has 38 heavy (non-hydrogen) atoms. The van der Waals surface area contributed by atoms with Gasteiger partial charge in [0.25, 0.3) is 0 Å². The Hall–Kier alpha value is -4.27. The monoisotopic (exact) mass is 531 g/mol. The summed E-state index contributed by atoms with van der Waals surface area (Å²) >= 11 is 0. The highest BCUT2D eigenvalue weighted by Gasteiger charge is 2.32. The molecule has 0 saturated carbocycles. The fraction of sp³-hybridized carbons (Fsp3) is 0.346. The SMILES string of the molecule is C=CC(=O)N1CC[C@H](n2nc(C#Cc3c(F)c(OC)cc(OC)c3F)c3c(N)ncc(CC(C)(F)F)c32)C1. The molecule has 3 heterocycles. The molecule has 1 aliphatic rings. The molecule has 8 nitrogen and oxygen atoms in total. The normalized spacial score (nSPS) is 15.3. The lowest BCUT2D eigenvalue weighted by molar-refractivity contribution is -0.125. The van der Waals surface area contributed by atoms with Gasteiger partial charge in [0.1, 0.15) is 17.1 Å². The van der Waals surface area contributed by atoms with E-state index in [2.05, 4.69) is 28.5 Å². The van der Waals surface area contributed by atoms with Crippen molar-refractivity contribution < 1.29 is 31.8 Å². The van der Waals surface area contributed by atoms with Crippen LogP contribution in [0.2, 0.25) is 0 Å². The number of hydrogen-bond donors (Lipinski definition) is 1. The molecule has 1 saturated heterocycles. The summed E-state index contributed by atoms with van der Waals surface area (Å²) in [6, 6.07) is 0.656. The molecule has 1 aromatic carbocycles. The van der Waals surface area contributed by atoms with Crippen molar-refractivity contribution >= 4 is 22.6 Å². The number of methoxy groups -OCH3 is 2. The van der Waals surface area contributed by atoms with Gasteiger partial charge in [-0.3, -0.25) is 9.48 Å². The second kappa shape index (κ2) is 10.2. The number of amides is 1. The topological polar surface area (TPSA) is 95.5 Å². The number of anilines is 1. The van der Waals surface area contributed by atoms with Gasteiger partial charge in [0.2, 0.25) is 11.8 Å². The first-order valence-corrected chi connectivity index (χ1v) is 11.6. The smallest absolute Gasteiger partial charge is 0.249 e. The number of carbonyl (C=O) groups excluding carboxylic acids is 1. The fourth-order valence-electron chi connectivity index (χ4n) is 4.46. The van der Waals surface area contributed by atoms with E-state index in [9.17, 15) is 22.4 Å².